The van der Waals surface area contributed by atoms with Crippen LogP contribution in [0.15, 0.2) is 24.3 Å². The average molecular weight is 206 g/mol. The maximum Gasteiger partial charge on any atom is 0.0178 e. The first-order chi connectivity index (χ1) is 7.26. The van der Waals surface area contributed by atoms with E-state index in [0.717, 1.165) is 13.0 Å². The molecule has 0 aliphatic carbocycles. The zero-order valence-corrected chi connectivity index (χ0v) is 9.87. The van der Waals surface area contributed by atoms with Gasteiger partial charge >= 0.3 is 0 Å². The largest absolute Gasteiger partial charge is 0.326 e. The second kappa shape index (κ2) is 6.59. The molecule has 0 spiro atoms. The molecule has 1 aromatic carbocycles. The van der Waals surface area contributed by atoms with Gasteiger partial charge in [-0.05, 0) is 44.1 Å². The molecule has 0 heterocycles. The van der Waals surface area contributed by atoms with Gasteiger partial charge in [-0.1, -0.05) is 31.2 Å². The maximum absolute atomic E-state index is 5.55. The topological polar surface area (TPSA) is 29.3 Å². The van der Waals surface area contributed by atoms with Gasteiger partial charge in [-0.25, -0.2) is 0 Å². The molecule has 0 aliphatic rings. The summed E-state index contributed by atoms with van der Waals surface area (Å²) in [7, 11) is 2.16. The molecule has 0 unspecified atom stereocenters. The minimum atomic E-state index is 0.638. The highest BCUT2D eigenvalue weighted by Gasteiger charge is 1.96. The van der Waals surface area contributed by atoms with Crippen LogP contribution in [0.4, 0.5) is 0 Å². The third-order valence-electron chi connectivity index (χ3n) is 2.80. The van der Waals surface area contributed by atoms with Crippen LogP contribution in [0, 0.1) is 0 Å². The molecule has 2 nitrogen and oxygen atoms in total. The van der Waals surface area contributed by atoms with Gasteiger partial charge in [0.1, 0.15) is 0 Å². The summed E-state index contributed by atoms with van der Waals surface area (Å²) in [4.78, 5) is 2.34. The lowest BCUT2D eigenvalue weighted by Gasteiger charge is -2.13. The van der Waals surface area contributed by atoms with E-state index in [1.54, 1.807) is 0 Å². The predicted octanol–water partition coefficient (Wildman–Crippen LogP) is 2.03. The first-order valence-corrected chi connectivity index (χ1v) is 5.72. The van der Waals surface area contributed by atoms with Gasteiger partial charge in [-0.3, -0.25) is 0 Å². The van der Waals surface area contributed by atoms with Gasteiger partial charge in [0.15, 0.2) is 0 Å². The summed E-state index contributed by atoms with van der Waals surface area (Å²) in [6, 6.07) is 8.63. The van der Waals surface area contributed by atoms with E-state index >= 15 is 0 Å². The fourth-order valence-corrected chi connectivity index (χ4v) is 1.55. The summed E-state index contributed by atoms with van der Waals surface area (Å²) in [5.41, 5.74) is 8.18. The number of aryl methyl sites for hydroxylation is 1. The van der Waals surface area contributed by atoms with Crippen molar-refractivity contribution < 1.29 is 0 Å². The Kier molecular flexibility index (Phi) is 5.37. The molecule has 84 valence electrons. The molecule has 1 rings (SSSR count). The van der Waals surface area contributed by atoms with E-state index in [1.807, 2.05) is 0 Å². The second-order valence-electron chi connectivity index (χ2n) is 4.02. The Labute approximate surface area is 93.1 Å². The molecular formula is C13H22N2. The van der Waals surface area contributed by atoms with Crippen LogP contribution >= 0.6 is 0 Å². The van der Waals surface area contributed by atoms with Crippen LogP contribution in [0.5, 0.6) is 0 Å². The van der Waals surface area contributed by atoms with Gasteiger partial charge in [-0.15, -0.1) is 0 Å². The SMILES string of the molecule is CCN(C)CCCc1ccc(CN)cc1. The molecule has 2 heteroatoms. The standard InChI is InChI=1S/C13H22N2/c1-3-15(2)10-4-5-12-6-8-13(11-14)9-7-12/h6-9H,3-5,10-11,14H2,1-2H3. The van der Waals surface area contributed by atoms with Gasteiger partial charge < -0.3 is 10.6 Å². The van der Waals surface area contributed by atoms with Crippen molar-refractivity contribution in [1.82, 2.24) is 4.90 Å². The number of hydrogen-bond acceptors (Lipinski definition) is 2. The fourth-order valence-electron chi connectivity index (χ4n) is 1.55. The first kappa shape index (κ1) is 12.2. The minimum Gasteiger partial charge on any atom is -0.326 e. The summed E-state index contributed by atoms with van der Waals surface area (Å²) >= 11 is 0. The Morgan fingerprint density at radius 1 is 1.13 bits per heavy atom. The van der Waals surface area contributed by atoms with Crippen molar-refractivity contribution in [1.29, 1.82) is 0 Å². The molecule has 0 atom stereocenters. The van der Waals surface area contributed by atoms with Crippen molar-refractivity contribution in [3.63, 3.8) is 0 Å². The van der Waals surface area contributed by atoms with Crippen LogP contribution in [0.2, 0.25) is 0 Å². The van der Waals surface area contributed by atoms with Gasteiger partial charge in [0, 0.05) is 6.54 Å². The minimum absolute atomic E-state index is 0.638. The zero-order chi connectivity index (χ0) is 11.1. The zero-order valence-electron chi connectivity index (χ0n) is 9.87. The monoisotopic (exact) mass is 206 g/mol. The molecule has 0 saturated carbocycles. The molecule has 0 amide bonds. The average Bonchev–Trinajstić information content (AvgIpc) is 2.29. The van der Waals surface area contributed by atoms with E-state index in [9.17, 15) is 0 Å². The molecular weight excluding hydrogens is 184 g/mol. The fraction of sp³-hybridized carbons (Fsp3) is 0.538. The predicted molar refractivity (Wildman–Crippen MR) is 65.8 cm³/mol. The maximum atomic E-state index is 5.55. The third kappa shape index (κ3) is 4.45. The summed E-state index contributed by atoms with van der Waals surface area (Å²) in [5.74, 6) is 0. The van der Waals surface area contributed by atoms with E-state index in [1.165, 1.54) is 24.1 Å². The summed E-state index contributed by atoms with van der Waals surface area (Å²) in [6.45, 7) is 5.14. The highest BCUT2D eigenvalue weighted by Crippen LogP contribution is 2.06. The molecule has 0 aliphatic heterocycles. The van der Waals surface area contributed by atoms with Crippen LogP contribution in [-0.2, 0) is 13.0 Å². The van der Waals surface area contributed by atoms with Gasteiger partial charge in [0.05, 0.1) is 0 Å². The normalized spacial score (nSPS) is 10.9. The Balaban J connectivity index is 2.31. The lowest BCUT2D eigenvalue weighted by Crippen LogP contribution is -2.19. The van der Waals surface area contributed by atoms with Crippen molar-refractivity contribution in [2.45, 2.75) is 26.3 Å². The molecule has 0 saturated heterocycles. The lowest BCUT2D eigenvalue weighted by molar-refractivity contribution is 0.347. The first-order valence-electron chi connectivity index (χ1n) is 5.72. The highest BCUT2D eigenvalue weighted by atomic mass is 15.1. The number of nitrogens with zero attached hydrogens (tertiary/aromatic N) is 1. The van der Waals surface area contributed by atoms with E-state index in [0.29, 0.717) is 6.54 Å². The molecule has 15 heavy (non-hydrogen) atoms. The number of benzene rings is 1. The molecule has 1 aromatic rings. The van der Waals surface area contributed by atoms with Crippen LogP contribution in [0.3, 0.4) is 0 Å². The van der Waals surface area contributed by atoms with Crippen LogP contribution in [-0.4, -0.2) is 25.0 Å². The molecule has 0 bridgehead atoms. The van der Waals surface area contributed by atoms with Gasteiger partial charge in [-0.2, -0.15) is 0 Å². The third-order valence-corrected chi connectivity index (χ3v) is 2.80. The van der Waals surface area contributed by atoms with E-state index < -0.39 is 0 Å². The lowest BCUT2D eigenvalue weighted by atomic mass is 10.1. The Hall–Kier alpha value is -0.860. The highest BCUT2D eigenvalue weighted by molar-refractivity contribution is 5.22. The van der Waals surface area contributed by atoms with Crippen LogP contribution < -0.4 is 5.73 Å². The van der Waals surface area contributed by atoms with Crippen LogP contribution in [0.1, 0.15) is 24.5 Å². The second-order valence-corrected chi connectivity index (χ2v) is 4.02. The summed E-state index contributed by atoms with van der Waals surface area (Å²) in [5, 5.41) is 0. The molecule has 0 radical (unpaired) electrons. The quantitative estimate of drug-likeness (QED) is 0.771. The van der Waals surface area contributed by atoms with Crippen molar-refractivity contribution in [3.8, 4) is 0 Å². The molecule has 0 aromatic heterocycles. The van der Waals surface area contributed by atoms with Gasteiger partial charge in [0.2, 0.25) is 0 Å². The van der Waals surface area contributed by atoms with Crippen molar-refractivity contribution in [2.75, 3.05) is 20.1 Å². The Bertz CT molecular complexity index is 266. The smallest absolute Gasteiger partial charge is 0.0178 e. The number of nitrogens with two attached hydrogens (primary N) is 1. The molecule has 2 N–H and O–H groups in total. The summed E-state index contributed by atoms with van der Waals surface area (Å²) in [6.07, 6.45) is 2.39. The number of hydrogen-bond donors (Lipinski definition) is 1. The Morgan fingerprint density at radius 2 is 1.73 bits per heavy atom. The molecule has 0 fully saturated rings. The van der Waals surface area contributed by atoms with E-state index in [2.05, 4.69) is 43.1 Å². The van der Waals surface area contributed by atoms with Crippen LogP contribution in [0.25, 0.3) is 0 Å². The Morgan fingerprint density at radius 3 is 2.27 bits per heavy atom. The van der Waals surface area contributed by atoms with Gasteiger partial charge in [0.25, 0.3) is 0 Å². The van der Waals surface area contributed by atoms with Crippen molar-refractivity contribution >= 4 is 0 Å². The van der Waals surface area contributed by atoms with Crippen molar-refractivity contribution in [2.24, 2.45) is 5.73 Å². The summed E-state index contributed by atoms with van der Waals surface area (Å²) < 4.78 is 0. The van der Waals surface area contributed by atoms with E-state index in [4.69, 9.17) is 5.73 Å². The van der Waals surface area contributed by atoms with E-state index in [-0.39, 0.29) is 0 Å². The number of rotatable bonds is 6. The van der Waals surface area contributed by atoms with Crippen molar-refractivity contribution in [3.05, 3.63) is 35.4 Å².